The molecule has 0 spiro atoms. The fraction of sp³-hybridized carbons (Fsp3) is 0.633. The molecule has 0 bridgehead atoms. The van der Waals surface area contributed by atoms with Gasteiger partial charge < -0.3 is 9.88 Å². The van der Waals surface area contributed by atoms with E-state index in [0.717, 1.165) is 42.6 Å². The molecule has 0 saturated heterocycles. The van der Waals surface area contributed by atoms with Crippen molar-refractivity contribution in [3.63, 3.8) is 0 Å². The Morgan fingerprint density at radius 2 is 1.60 bits per heavy atom. The second kappa shape index (κ2) is 12.0. The van der Waals surface area contributed by atoms with Crippen molar-refractivity contribution in [2.75, 3.05) is 18.6 Å². The molecular weight excluding hydrogens is 546 g/mol. The Hall–Kier alpha value is -2.17. The summed E-state index contributed by atoms with van der Waals surface area (Å²) in [6, 6.07) is 7.29. The molecule has 40 heavy (non-hydrogen) atoms. The van der Waals surface area contributed by atoms with Crippen LogP contribution in [0, 0.1) is 12.8 Å². The fourth-order valence-electron chi connectivity index (χ4n) is 5.39. The zero-order valence-corrected chi connectivity index (χ0v) is 27.0. The summed E-state index contributed by atoms with van der Waals surface area (Å²) < 4.78 is 54.9. The molecule has 2 N–H and O–H groups in total. The van der Waals surface area contributed by atoms with Crippen molar-refractivity contribution < 1.29 is 21.6 Å². The lowest BCUT2D eigenvalue weighted by Crippen LogP contribution is -2.41. The Bertz CT molecular complexity index is 1440. The van der Waals surface area contributed by atoms with Crippen LogP contribution in [-0.4, -0.2) is 51.4 Å². The van der Waals surface area contributed by atoms with Crippen molar-refractivity contribution in [3.8, 4) is 11.3 Å². The monoisotopic (exact) mass is 593 g/mol. The van der Waals surface area contributed by atoms with Gasteiger partial charge in [-0.15, -0.1) is 0 Å². The van der Waals surface area contributed by atoms with Crippen molar-refractivity contribution >= 4 is 25.8 Å². The highest BCUT2D eigenvalue weighted by Gasteiger charge is 2.30. The molecule has 1 aliphatic carbocycles. The molecule has 2 aromatic rings. The zero-order valence-electron chi connectivity index (χ0n) is 25.3. The van der Waals surface area contributed by atoms with Gasteiger partial charge in [0.15, 0.2) is 0 Å². The highest BCUT2D eigenvalue weighted by Crippen LogP contribution is 2.36. The minimum Gasteiger partial charge on any atom is -0.351 e. The molecular formula is C30H47N3O5S2. The molecule has 0 aliphatic heterocycles. The SMILES string of the molecule is Cc1c(C(=O)NCCS(C)(=O)=O)cc(-c2ccc(S(=O)(=O)NC(C)(C)C)c(C(C)(C)C)c2)n1CC1CCCCC1. The molecule has 1 aromatic carbocycles. The summed E-state index contributed by atoms with van der Waals surface area (Å²) in [5, 5.41) is 2.76. The Labute approximate surface area is 241 Å². The smallest absolute Gasteiger partial charge is 0.253 e. The first-order chi connectivity index (χ1) is 18.3. The van der Waals surface area contributed by atoms with Crippen molar-refractivity contribution in [2.45, 2.75) is 103 Å². The number of rotatable bonds is 9. The van der Waals surface area contributed by atoms with Gasteiger partial charge in [-0.3, -0.25) is 4.79 Å². The summed E-state index contributed by atoms with van der Waals surface area (Å²) in [5.74, 6) is 0.0628. The van der Waals surface area contributed by atoms with Gasteiger partial charge >= 0.3 is 0 Å². The highest BCUT2D eigenvalue weighted by atomic mass is 32.2. The number of hydrogen-bond acceptors (Lipinski definition) is 5. The summed E-state index contributed by atoms with van der Waals surface area (Å²) in [6.07, 6.45) is 7.05. The molecule has 0 radical (unpaired) electrons. The molecule has 1 amide bonds. The van der Waals surface area contributed by atoms with Crippen LogP contribution in [0.2, 0.25) is 0 Å². The maximum absolute atomic E-state index is 13.4. The molecule has 1 saturated carbocycles. The number of nitrogens with one attached hydrogen (secondary N) is 2. The quantitative estimate of drug-likeness (QED) is 0.415. The first-order valence-electron chi connectivity index (χ1n) is 14.1. The summed E-state index contributed by atoms with van der Waals surface area (Å²) in [6.45, 7) is 14.2. The average Bonchev–Trinajstić information content (AvgIpc) is 3.12. The number of nitrogens with zero attached hydrogens (tertiary/aromatic N) is 1. The predicted octanol–water partition coefficient (Wildman–Crippen LogP) is 5.19. The van der Waals surface area contributed by atoms with Gasteiger partial charge in [0, 0.05) is 36.3 Å². The Balaban J connectivity index is 2.12. The van der Waals surface area contributed by atoms with Crippen LogP contribution in [-0.2, 0) is 31.8 Å². The van der Waals surface area contributed by atoms with E-state index >= 15 is 0 Å². The number of carbonyl (C=O) groups excluding carboxylic acids is 1. The Morgan fingerprint density at radius 3 is 2.15 bits per heavy atom. The minimum absolute atomic E-state index is 0.0434. The standard InChI is InChI=1S/C30H47N3O5S2/c1-21-24(28(34)31-16-17-39(8,35)36)19-26(33(21)20-22-12-10-9-11-13-22)23-14-15-27(25(18-23)29(2,3)4)40(37,38)32-30(5,6)7/h14-15,18-19,22,32H,9-13,16-17,20H2,1-8H3,(H,31,34). The number of aromatic nitrogens is 1. The van der Waals surface area contributed by atoms with Gasteiger partial charge in [0.1, 0.15) is 9.84 Å². The van der Waals surface area contributed by atoms with Gasteiger partial charge in [0.25, 0.3) is 5.91 Å². The summed E-state index contributed by atoms with van der Waals surface area (Å²) >= 11 is 0. The normalized spacial score (nSPS) is 15.8. The van der Waals surface area contributed by atoms with Crippen LogP contribution in [0.5, 0.6) is 0 Å². The third-order valence-corrected chi connectivity index (χ3v) is 10.1. The van der Waals surface area contributed by atoms with E-state index in [2.05, 4.69) is 14.6 Å². The van der Waals surface area contributed by atoms with Crippen molar-refractivity contribution in [2.24, 2.45) is 5.92 Å². The summed E-state index contributed by atoms with van der Waals surface area (Å²) in [4.78, 5) is 13.4. The molecule has 3 rings (SSSR count). The number of hydrogen-bond donors (Lipinski definition) is 2. The molecule has 0 atom stereocenters. The van der Waals surface area contributed by atoms with Gasteiger partial charge in [-0.2, -0.15) is 0 Å². The van der Waals surface area contributed by atoms with Gasteiger partial charge in [0.2, 0.25) is 10.0 Å². The molecule has 8 nitrogen and oxygen atoms in total. The van der Waals surface area contributed by atoms with Crippen molar-refractivity contribution in [1.29, 1.82) is 0 Å². The Morgan fingerprint density at radius 1 is 0.975 bits per heavy atom. The largest absolute Gasteiger partial charge is 0.351 e. The number of amides is 1. The van der Waals surface area contributed by atoms with E-state index in [1.807, 2.05) is 66.7 Å². The number of sulfonamides is 1. The van der Waals surface area contributed by atoms with Crippen molar-refractivity contribution in [3.05, 3.63) is 41.1 Å². The number of benzene rings is 1. The van der Waals surface area contributed by atoms with E-state index in [0.29, 0.717) is 17.0 Å². The molecule has 1 fully saturated rings. The highest BCUT2D eigenvalue weighted by molar-refractivity contribution is 7.90. The minimum atomic E-state index is -3.77. The van der Waals surface area contributed by atoms with E-state index in [1.165, 1.54) is 19.3 Å². The lowest BCUT2D eigenvalue weighted by Gasteiger charge is -2.27. The third-order valence-electron chi connectivity index (χ3n) is 7.35. The van der Waals surface area contributed by atoms with Crippen LogP contribution < -0.4 is 10.0 Å². The van der Waals surface area contributed by atoms with Crippen LogP contribution in [0.15, 0.2) is 29.2 Å². The van der Waals surface area contributed by atoms with Crippen LogP contribution in [0.25, 0.3) is 11.3 Å². The van der Waals surface area contributed by atoms with Gasteiger partial charge in [-0.1, -0.05) is 46.1 Å². The lowest BCUT2D eigenvalue weighted by atomic mass is 9.85. The van der Waals surface area contributed by atoms with Gasteiger partial charge in [-0.05, 0) is 81.2 Å². The number of sulfone groups is 1. The van der Waals surface area contributed by atoms with E-state index in [9.17, 15) is 21.6 Å². The van der Waals surface area contributed by atoms with Gasteiger partial charge in [0.05, 0.1) is 16.2 Å². The average molecular weight is 594 g/mol. The van der Waals surface area contributed by atoms with Crippen LogP contribution >= 0.6 is 0 Å². The number of carbonyl (C=O) groups is 1. The Kier molecular flexibility index (Phi) is 9.69. The van der Waals surface area contributed by atoms with Gasteiger partial charge in [-0.25, -0.2) is 21.6 Å². The van der Waals surface area contributed by atoms with Crippen molar-refractivity contribution in [1.82, 2.24) is 14.6 Å². The van der Waals surface area contributed by atoms with E-state index < -0.39 is 30.8 Å². The summed E-state index contributed by atoms with van der Waals surface area (Å²) in [5.41, 5.74) is 2.63. The predicted molar refractivity (Wildman–Crippen MR) is 162 cm³/mol. The second-order valence-electron chi connectivity index (χ2n) is 13.3. The zero-order chi connectivity index (χ0) is 30.1. The topological polar surface area (TPSA) is 114 Å². The first kappa shape index (κ1) is 32.3. The fourth-order valence-corrected chi connectivity index (χ4v) is 7.68. The van der Waals surface area contributed by atoms with Crippen LogP contribution in [0.4, 0.5) is 0 Å². The van der Waals surface area contributed by atoms with E-state index in [-0.39, 0.29) is 23.1 Å². The third kappa shape index (κ3) is 8.42. The molecule has 1 heterocycles. The first-order valence-corrected chi connectivity index (χ1v) is 17.7. The van der Waals surface area contributed by atoms with Crippen LogP contribution in [0.1, 0.15) is 95.3 Å². The van der Waals surface area contributed by atoms with E-state index in [1.54, 1.807) is 6.07 Å². The summed E-state index contributed by atoms with van der Waals surface area (Å²) in [7, 11) is -6.97. The maximum Gasteiger partial charge on any atom is 0.253 e. The second-order valence-corrected chi connectivity index (χ2v) is 17.3. The lowest BCUT2D eigenvalue weighted by molar-refractivity contribution is 0.0955. The van der Waals surface area contributed by atoms with E-state index in [4.69, 9.17) is 0 Å². The molecule has 1 aromatic heterocycles. The van der Waals surface area contributed by atoms with Crippen LogP contribution in [0.3, 0.4) is 0 Å². The molecule has 0 unspecified atom stereocenters. The molecule has 10 heteroatoms. The maximum atomic E-state index is 13.4. The molecule has 1 aliphatic rings. The molecule has 224 valence electrons.